The lowest BCUT2D eigenvalue weighted by Gasteiger charge is -2.23. The van der Waals surface area contributed by atoms with Crippen LogP contribution >= 0.6 is 11.8 Å². The van der Waals surface area contributed by atoms with Gasteiger partial charge >= 0.3 is 6.11 Å². The number of alkyl halides is 2. The van der Waals surface area contributed by atoms with Crippen molar-refractivity contribution in [1.82, 2.24) is 0 Å². The monoisotopic (exact) mass is 314 g/mol. The van der Waals surface area contributed by atoms with Crippen LogP contribution in [0, 0.1) is 5.82 Å². The van der Waals surface area contributed by atoms with E-state index in [4.69, 9.17) is 0 Å². The molecule has 0 radical (unpaired) electrons. The summed E-state index contributed by atoms with van der Waals surface area (Å²) in [4.78, 5) is 0.907. The lowest BCUT2D eigenvalue weighted by atomic mass is 10.1. The molecule has 0 aliphatic rings. The van der Waals surface area contributed by atoms with Crippen LogP contribution in [0.15, 0.2) is 53.4 Å². The molecule has 0 saturated heterocycles. The quantitative estimate of drug-likeness (QED) is 0.837. The molecule has 1 N–H and O–H groups in total. The molecule has 2 aromatic rings. The fraction of sp³-hybridized carbons (Fsp3) is 0.200. The second-order valence-electron chi connectivity index (χ2n) is 4.29. The molecule has 0 heterocycles. The van der Waals surface area contributed by atoms with E-state index in [9.17, 15) is 18.3 Å². The highest BCUT2D eigenvalue weighted by Gasteiger charge is 2.42. The van der Waals surface area contributed by atoms with Gasteiger partial charge in [-0.05, 0) is 48.2 Å². The number of halogens is 3. The highest BCUT2D eigenvalue weighted by molar-refractivity contribution is 7.98. The van der Waals surface area contributed by atoms with E-state index in [-0.39, 0.29) is 11.3 Å². The maximum atomic E-state index is 13.9. The van der Waals surface area contributed by atoms with Gasteiger partial charge in [0.2, 0.25) is 0 Å². The summed E-state index contributed by atoms with van der Waals surface area (Å²) in [6.07, 6.45) is -4.14. The zero-order valence-corrected chi connectivity index (χ0v) is 11.9. The average molecular weight is 314 g/mol. The van der Waals surface area contributed by atoms with Gasteiger partial charge in [-0.25, -0.2) is 4.39 Å². The Bertz CT molecular complexity index is 585. The summed E-state index contributed by atoms with van der Waals surface area (Å²) < 4.78 is 45.1. The molecule has 6 heteroatoms. The number of benzene rings is 2. The molecular formula is C15H13F3O2S. The van der Waals surface area contributed by atoms with Crippen molar-refractivity contribution >= 4 is 11.8 Å². The summed E-state index contributed by atoms with van der Waals surface area (Å²) in [5.74, 6) is -0.623. The van der Waals surface area contributed by atoms with Crippen molar-refractivity contribution in [3.8, 4) is 5.75 Å². The van der Waals surface area contributed by atoms with Crippen molar-refractivity contribution in [2.75, 3.05) is 6.26 Å². The van der Waals surface area contributed by atoms with Crippen LogP contribution in [0.5, 0.6) is 5.75 Å². The van der Waals surface area contributed by atoms with Gasteiger partial charge in [0.1, 0.15) is 11.6 Å². The van der Waals surface area contributed by atoms with Crippen molar-refractivity contribution in [2.24, 2.45) is 0 Å². The van der Waals surface area contributed by atoms with Gasteiger partial charge in [-0.1, -0.05) is 12.1 Å². The minimum Gasteiger partial charge on any atom is -0.430 e. The van der Waals surface area contributed by atoms with Gasteiger partial charge in [0, 0.05) is 4.90 Å². The lowest BCUT2D eigenvalue weighted by Crippen LogP contribution is -2.33. The Morgan fingerprint density at radius 1 is 1.05 bits per heavy atom. The number of aliphatic hydroxyl groups excluding tert-OH is 1. The highest BCUT2D eigenvalue weighted by atomic mass is 32.2. The van der Waals surface area contributed by atoms with Crippen molar-refractivity contribution in [3.63, 3.8) is 0 Å². The molecule has 0 amide bonds. The molecule has 0 spiro atoms. The first-order valence-electron chi connectivity index (χ1n) is 6.07. The fourth-order valence-corrected chi connectivity index (χ4v) is 2.10. The summed E-state index contributed by atoms with van der Waals surface area (Å²) in [7, 11) is 0. The SMILES string of the molecule is CSc1ccc(OC(F)(F)C(O)c2ccc(F)cc2)cc1. The van der Waals surface area contributed by atoms with Gasteiger partial charge in [0.15, 0.2) is 6.10 Å². The van der Waals surface area contributed by atoms with Crippen molar-refractivity contribution < 1.29 is 23.0 Å². The number of ether oxygens (including phenoxy) is 1. The summed E-state index contributed by atoms with van der Waals surface area (Å²) in [5.41, 5.74) is -0.123. The van der Waals surface area contributed by atoms with Crippen LogP contribution in [-0.4, -0.2) is 17.5 Å². The van der Waals surface area contributed by atoms with Crippen molar-refractivity contribution in [3.05, 3.63) is 59.9 Å². The zero-order chi connectivity index (χ0) is 15.5. The third-order valence-electron chi connectivity index (χ3n) is 2.82. The molecule has 1 atom stereocenters. The molecule has 2 nitrogen and oxygen atoms in total. The van der Waals surface area contributed by atoms with E-state index in [0.29, 0.717) is 0 Å². The second kappa shape index (κ2) is 6.41. The minimum atomic E-state index is -3.82. The van der Waals surface area contributed by atoms with E-state index in [1.54, 1.807) is 12.1 Å². The minimum absolute atomic E-state index is 0.0565. The first-order valence-corrected chi connectivity index (χ1v) is 7.29. The van der Waals surface area contributed by atoms with E-state index in [2.05, 4.69) is 4.74 Å². The van der Waals surface area contributed by atoms with Gasteiger partial charge in [0.05, 0.1) is 0 Å². The summed E-state index contributed by atoms with van der Waals surface area (Å²) >= 11 is 1.47. The molecule has 0 bridgehead atoms. The van der Waals surface area contributed by atoms with Gasteiger partial charge in [-0.2, -0.15) is 8.78 Å². The second-order valence-corrected chi connectivity index (χ2v) is 5.17. The van der Waals surface area contributed by atoms with Crippen LogP contribution in [-0.2, 0) is 0 Å². The number of hydrogen-bond acceptors (Lipinski definition) is 3. The number of thioether (sulfide) groups is 1. The molecule has 0 saturated carbocycles. The van der Waals surface area contributed by atoms with Crippen molar-refractivity contribution in [1.29, 1.82) is 0 Å². The first kappa shape index (κ1) is 15.7. The molecule has 112 valence electrons. The summed E-state index contributed by atoms with van der Waals surface area (Å²) in [6, 6.07) is 10.3. The van der Waals surface area contributed by atoms with Crippen LogP contribution < -0.4 is 4.74 Å². The number of aliphatic hydroxyl groups is 1. The molecule has 0 aliphatic carbocycles. The molecule has 0 fully saturated rings. The number of rotatable bonds is 5. The normalized spacial score (nSPS) is 13.0. The van der Waals surface area contributed by atoms with Gasteiger partial charge in [0.25, 0.3) is 0 Å². The standard InChI is InChI=1S/C15H13F3O2S/c1-21-13-8-6-12(7-9-13)20-15(17,18)14(19)10-2-4-11(16)5-3-10/h2-9,14,19H,1H3. The van der Waals surface area contributed by atoms with Gasteiger partial charge in [-0.3, -0.25) is 0 Å². The molecule has 21 heavy (non-hydrogen) atoms. The predicted molar refractivity (Wildman–Crippen MR) is 75.2 cm³/mol. The van der Waals surface area contributed by atoms with Crippen LogP contribution in [0.2, 0.25) is 0 Å². The summed E-state index contributed by atoms with van der Waals surface area (Å²) in [6.45, 7) is 0. The van der Waals surface area contributed by atoms with Crippen LogP contribution in [0.1, 0.15) is 11.7 Å². The molecule has 1 unspecified atom stereocenters. The van der Waals surface area contributed by atoms with E-state index in [0.717, 1.165) is 29.2 Å². The third-order valence-corrected chi connectivity index (χ3v) is 3.56. The smallest absolute Gasteiger partial charge is 0.428 e. The van der Waals surface area contributed by atoms with Gasteiger partial charge < -0.3 is 9.84 Å². The Kier molecular flexibility index (Phi) is 4.80. The predicted octanol–water partition coefficient (Wildman–Crippen LogP) is 4.25. The Morgan fingerprint density at radius 3 is 2.14 bits per heavy atom. The molecule has 2 aromatic carbocycles. The molecule has 0 aromatic heterocycles. The lowest BCUT2D eigenvalue weighted by molar-refractivity contribution is -0.242. The fourth-order valence-electron chi connectivity index (χ4n) is 1.70. The maximum absolute atomic E-state index is 13.9. The van der Waals surface area contributed by atoms with Crippen LogP contribution in [0.4, 0.5) is 13.2 Å². The Morgan fingerprint density at radius 2 is 1.62 bits per heavy atom. The largest absolute Gasteiger partial charge is 0.430 e. The molecule has 2 rings (SSSR count). The van der Waals surface area contributed by atoms with E-state index < -0.39 is 18.0 Å². The zero-order valence-electron chi connectivity index (χ0n) is 11.1. The van der Waals surface area contributed by atoms with Crippen LogP contribution in [0.25, 0.3) is 0 Å². The maximum Gasteiger partial charge on any atom is 0.428 e. The molecular weight excluding hydrogens is 301 g/mol. The van der Waals surface area contributed by atoms with E-state index in [1.165, 1.54) is 23.9 Å². The Hall–Kier alpha value is -1.66. The first-order chi connectivity index (χ1) is 9.92. The highest BCUT2D eigenvalue weighted by Crippen LogP contribution is 2.34. The average Bonchev–Trinajstić information content (AvgIpc) is 2.48. The Labute approximate surface area is 124 Å². The Balaban J connectivity index is 2.14. The van der Waals surface area contributed by atoms with Crippen molar-refractivity contribution in [2.45, 2.75) is 17.1 Å². The van der Waals surface area contributed by atoms with E-state index in [1.807, 2.05) is 6.26 Å². The summed E-state index contributed by atoms with van der Waals surface area (Å²) in [5, 5.41) is 9.70. The van der Waals surface area contributed by atoms with Gasteiger partial charge in [-0.15, -0.1) is 11.8 Å². The third kappa shape index (κ3) is 3.92. The molecule has 0 aliphatic heterocycles. The van der Waals surface area contributed by atoms with Crippen LogP contribution in [0.3, 0.4) is 0 Å². The van der Waals surface area contributed by atoms with E-state index >= 15 is 0 Å². The number of hydrogen-bond donors (Lipinski definition) is 1. The topological polar surface area (TPSA) is 29.5 Å².